The largest absolute Gasteiger partial charge is 0.406 e. The van der Waals surface area contributed by atoms with Gasteiger partial charge in [0.15, 0.2) is 0 Å². The van der Waals surface area contributed by atoms with Gasteiger partial charge in [-0.2, -0.15) is 13.2 Å². The molecule has 1 aromatic carbocycles. The van der Waals surface area contributed by atoms with E-state index in [1.54, 1.807) is 37.3 Å². The zero-order valence-electron chi connectivity index (χ0n) is 11.4. The van der Waals surface area contributed by atoms with Crippen molar-refractivity contribution < 1.29 is 18.0 Å². The van der Waals surface area contributed by atoms with E-state index < -0.39 is 24.5 Å². The summed E-state index contributed by atoms with van der Waals surface area (Å²) in [5.41, 5.74) is 6.11. The molecule has 6 heteroatoms. The fraction of sp³-hybridized carbons (Fsp3) is 0.500. The topological polar surface area (TPSA) is 46.3 Å². The van der Waals surface area contributed by atoms with Crippen LogP contribution in [-0.4, -0.2) is 30.1 Å². The van der Waals surface area contributed by atoms with E-state index in [0.717, 1.165) is 4.90 Å². The predicted molar refractivity (Wildman–Crippen MR) is 70.7 cm³/mol. The number of rotatable bonds is 6. The Kier molecular flexibility index (Phi) is 6.01. The van der Waals surface area contributed by atoms with Crippen molar-refractivity contribution in [2.45, 2.75) is 26.1 Å². The van der Waals surface area contributed by atoms with Crippen molar-refractivity contribution in [2.75, 3.05) is 13.1 Å². The summed E-state index contributed by atoms with van der Waals surface area (Å²) in [4.78, 5) is 13.0. The molecule has 1 unspecified atom stereocenters. The molecule has 112 valence electrons. The van der Waals surface area contributed by atoms with Gasteiger partial charge in [-0.25, -0.2) is 0 Å². The minimum Gasteiger partial charge on any atom is -0.330 e. The van der Waals surface area contributed by atoms with Gasteiger partial charge in [-0.05, 0) is 12.0 Å². The van der Waals surface area contributed by atoms with E-state index in [4.69, 9.17) is 5.73 Å². The highest BCUT2D eigenvalue weighted by molar-refractivity contribution is 5.79. The van der Waals surface area contributed by atoms with E-state index in [1.807, 2.05) is 0 Å². The third-order valence-electron chi connectivity index (χ3n) is 3.02. The molecule has 0 saturated heterocycles. The first-order valence-electron chi connectivity index (χ1n) is 6.47. The first-order valence-corrected chi connectivity index (χ1v) is 6.47. The molecule has 0 fully saturated rings. The highest BCUT2D eigenvalue weighted by Gasteiger charge is 2.34. The van der Waals surface area contributed by atoms with E-state index in [2.05, 4.69) is 0 Å². The molecule has 2 N–H and O–H groups in total. The molecule has 3 nitrogen and oxygen atoms in total. The molecule has 20 heavy (non-hydrogen) atoms. The molecule has 0 spiro atoms. The average molecular weight is 288 g/mol. The number of hydrogen-bond acceptors (Lipinski definition) is 2. The van der Waals surface area contributed by atoms with Crippen LogP contribution < -0.4 is 5.73 Å². The standard InChI is InChI=1S/C14H19F3N2O/c1-2-12(8-18)13(20)19(10-14(15,16)17)9-11-6-4-3-5-7-11/h3-7,12H,2,8-10,18H2,1H3. The number of amides is 1. The van der Waals surface area contributed by atoms with Crippen LogP contribution in [0.1, 0.15) is 18.9 Å². The van der Waals surface area contributed by atoms with Gasteiger partial charge < -0.3 is 10.6 Å². The maximum absolute atomic E-state index is 12.6. The van der Waals surface area contributed by atoms with Crippen LogP contribution in [0.3, 0.4) is 0 Å². The Morgan fingerprint density at radius 2 is 1.90 bits per heavy atom. The van der Waals surface area contributed by atoms with Crippen LogP contribution in [-0.2, 0) is 11.3 Å². The molecule has 1 rings (SSSR count). The maximum Gasteiger partial charge on any atom is 0.406 e. The Morgan fingerprint density at radius 1 is 1.30 bits per heavy atom. The van der Waals surface area contributed by atoms with Gasteiger partial charge >= 0.3 is 6.18 Å². The summed E-state index contributed by atoms with van der Waals surface area (Å²) in [5.74, 6) is -1.11. The average Bonchev–Trinajstić information content (AvgIpc) is 2.39. The minimum absolute atomic E-state index is 0.0540. The summed E-state index contributed by atoms with van der Waals surface area (Å²) in [5, 5.41) is 0. The zero-order valence-corrected chi connectivity index (χ0v) is 11.4. The van der Waals surface area contributed by atoms with Crippen molar-refractivity contribution >= 4 is 5.91 Å². The number of alkyl halides is 3. The lowest BCUT2D eigenvalue weighted by Gasteiger charge is -2.27. The second-order valence-electron chi connectivity index (χ2n) is 4.64. The van der Waals surface area contributed by atoms with Crippen molar-refractivity contribution in [2.24, 2.45) is 11.7 Å². The Balaban J connectivity index is 2.87. The van der Waals surface area contributed by atoms with Gasteiger partial charge in [0.1, 0.15) is 6.54 Å². The number of carbonyl (C=O) groups excluding carboxylic acids is 1. The number of carbonyl (C=O) groups is 1. The van der Waals surface area contributed by atoms with Gasteiger partial charge in [-0.3, -0.25) is 4.79 Å². The van der Waals surface area contributed by atoms with Crippen LogP contribution in [0.2, 0.25) is 0 Å². The van der Waals surface area contributed by atoms with Gasteiger partial charge in [0.25, 0.3) is 0 Å². The smallest absolute Gasteiger partial charge is 0.330 e. The molecule has 0 saturated carbocycles. The third kappa shape index (κ3) is 5.21. The molecule has 0 heterocycles. The number of halogens is 3. The number of benzene rings is 1. The summed E-state index contributed by atoms with van der Waals surface area (Å²) in [6.45, 7) is 0.481. The number of hydrogen-bond donors (Lipinski definition) is 1. The third-order valence-corrected chi connectivity index (χ3v) is 3.02. The van der Waals surface area contributed by atoms with Crippen molar-refractivity contribution in [1.82, 2.24) is 4.90 Å². The quantitative estimate of drug-likeness (QED) is 0.874. The van der Waals surface area contributed by atoms with Gasteiger partial charge in [-0.1, -0.05) is 37.3 Å². The van der Waals surface area contributed by atoms with Crippen LogP contribution in [0, 0.1) is 5.92 Å². The summed E-state index contributed by atoms with van der Waals surface area (Å²) in [7, 11) is 0. The van der Waals surface area contributed by atoms with Crippen LogP contribution >= 0.6 is 0 Å². The SMILES string of the molecule is CCC(CN)C(=O)N(Cc1ccccc1)CC(F)(F)F. The lowest BCUT2D eigenvalue weighted by Crippen LogP contribution is -2.43. The van der Waals surface area contributed by atoms with E-state index in [1.165, 1.54) is 0 Å². The normalized spacial score (nSPS) is 13.1. The zero-order chi connectivity index (χ0) is 15.2. The second-order valence-corrected chi connectivity index (χ2v) is 4.64. The van der Waals surface area contributed by atoms with Crippen LogP contribution in [0.15, 0.2) is 30.3 Å². The van der Waals surface area contributed by atoms with Crippen molar-refractivity contribution in [3.05, 3.63) is 35.9 Å². The van der Waals surface area contributed by atoms with Crippen LogP contribution in [0.25, 0.3) is 0 Å². The molecule has 0 radical (unpaired) electrons. The first-order chi connectivity index (χ1) is 9.37. The van der Waals surface area contributed by atoms with Crippen molar-refractivity contribution in [3.8, 4) is 0 Å². The molecule has 1 aromatic rings. The number of nitrogens with zero attached hydrogens (tertiary/aromatic N) is 1. The predicted octanol–water partition coefficient (Wildman–Crippen LogP) is 2.56. The van der Waals surface area contributed by atoms with E-state index in [0.29, 0.717) is 12.0 Å². The molecule has 0 bridgehead atoms. The first kappa shape index (κ1) is 16.5. The minimum atomic E-state index is -4.42. The van der Waals surface area contributed by atoms with Gasteiger partial charge in [-0.15, -0.1) is 0 Å². The Hall–Kier alpha value is -1.56. The molecule has 0 aromatic heterocycles. The monoisotopic (exact) mass is 288 g/mol. The van der Waals surface area contributed by atoms with Crippen LogP contribution in [0.4, 0.5) is 13.2 Å². The van der Waals surface area contributed by atoms with E-state index >= 15 is 0 Å². The number of nitrogens with two attached hydrogens (primary N) is 1. The Morgan fingerprint density at radius 3 is 2.35 bits per heavy atom. The maximum atomic E-state index is 12.6. The van der Waals surface area contributed by atoms with Gasteiger partial charge in [0.05, 0.1) is 5.92 Å². The molecule has 0 aliphatic heterocycles. The van der Waals surface area contributed by atoms with E-state index in [-0.39, 0.29) is 13.1 Å². The molecule has 0 aliphatic rings. The molecular formula is C14H19F3N2O. The second kappa shape index (κ2) is 7.28. The molecule has 0 aliphatic carbocycles. The molecule has 1 atom stereocenters. The summed E-state index contributed by atoms with van der Waals surface area (Å²) >= 11 is 0. The molecular weight excluding hydrogens is 269 g/mol. The van der Waals surface area contributed by atoms with E-state index in [9.17, 15) is 18.0 Å². The fourth-order valence-corrected chi connectivity index (χ4v) is 1.93. The lowest BCUT2D eigenvalue weighted by atomic mass is 10.0. The summed E-state index contributed by atoms with van der Waals surface area (Å²) in [6.07, 6.45) is -3.99. The summed E-state index contributed by atoms with van der Waals surface area (Å²) in [6, 6.07) is 8.62. The Labute approximate surface area is 116 Å². The van der Waals surface area contributed by atoms with Crippen molar-refractivity contribution in [3.63, 3.8) is 0 Å². The highest BCUT2D eigenvalue weighted by Crippen LogP contribution is 2.20. The lowest BCUT2D eigenvalue weighted by molar-refractivity contribution is -0.164. The fourth-order valence-electron chi connectivity index (χ4n) is 1.93. The van der Waals surface area contributed by atoms with Gasteiger partial charge in [0.2, 0.25) is 5.91 Å². The summed E-state index contributed by atoms with van der Waals surface area (Å²) < 4.78 is 37.8. The van der Waals surface area contributed by atoms with Gasteiger partial charge in [0, 0.05) is 13.1 Å². The highest BCUT2D eigenvalue weighted by atomic mass is 19.4. The van der Waals surface area contributed by atoms with Crippen molar-refractivity contribution in [1.29, 1.82) is 0 Å². The van der Waals surface area contributed by atoms with Crippen LogP contribution in [0.5, 0.6) is 0 Å². The molecule has 1 amide bonds. The Bertz CT molecular complexity index is 416.